The average Bonchev–Trinajstić information content (AvgIpc) is 2.69. The molecule has 1 N–H and O–H groups in total. The molecule has 0 bridgehead atoms. The second-order valence-corrected chi connectivity index (χ2v) is 5.84. The first-order valence-corrected chi connectivity index (χ1v) is 8.36. The molecule has 0 saturated carbocycles. The molecule has 0 heterocycles. The molecule has 4 heteroatoms. The van der Waals surface area contributed by atoms with Gasteiger partial charge in [0.1, 0.15) is 0 Å². The first kappa shape index (κ1) is 17.5. The Bertz CT molecular complexity index is 891. The number of para-hydroxylation sites is 1. The van der Waals surface area contributed by atoms with Crippen LogP contribution in [0.2, 0.25) is 0 Å². The molecule has 3 rings (SSSR count). The molecule has 26 heavy (non-hydrogen) atoms. The molecule has 3 aromatic rings. The Hall–Kier alpha value is -3.27. The van der Waals surface area contributed by atoms with Crippen LogP contribution in [0.5, 0.6) is 11.5 Å². The predicted molar refractivity (Wildman–Crippen MR) is 103 cm³/mol. The zero-order chi connectivity index (χ0) is 18.4. The van der Waals surface area contributed by atoms with Gasteiger partial charge in [0.05, 0.1) is 14.2 Å². The minimum atomic E-state index is -0.188. The number of anilines is 1. The van der Waals surface area contributed by atoms with E-state index in [2.05, 4.69) is 17.4 Å². The number of ether oxygens (including phenoxy) is 2. The molecular formula is C22H21NO3. The fraction of sp³-hybridized carbons (Fsp3) is 0.136. The molecule has 0 aromatic heterocycles. The summed E-state index contributed by atoms with van der Waals surface area (Å²) in [5, 5.41) is 3.00. The van der Waals surface area contributed by atoms with Crippen LogP contribution in [0.15, 0.2) is 72.8 Å². The van der Waals surface area contributed by atoms with Crippen LogP contribution in [-0.4, -0.2) is 20.1 Å². The molecule has 0 aliphatic rings. The molecular weight excluding hydrogens is 326 g/mol. The lowest BCUT2D eigenvalue weighted by atomic mass is 10.0. The minimum Gasteiger partial charge on any atom is -0.493 e. The van der Waals surface area contributed by atoms with E-state index in [9.17, 15) is 4.79 Å². The van der Waals surface area contributed by atoms with Gasteiger partial charge in [0.25, 0.3) is 5.91 Å². The molecule has 0 unspecified atom stereocenters. The van der Waals surface area contributed by atoms with Gasteiger partial charge in [-0.25, -0.2) is 0 Å². The van der Waals surface area contributed by atoms with Gasteiger partial charge in [-0.3, -0.25) is 4.79 Å². The van der Waals surface area contributed by atoms with E-state index in [0.717, 1.165) is 17.7 Å². The van der Waals surface area contributed by atoms with Crippen LogP contribution in [-0.2, 0) is 6.42 Å². The number of hydrogen-bond acceptors (Lipinski definition) is 3. The summed E-state index contributed by atoms with van der Waals surface area (Å²) in [6, 6.07) is 23.1. The van der Waals surface area contributed by atoms with Gasteiger partial charge in [0, 0.05) is 11.3 Å². The largest absolute Gasteiger partial charge is 0.493 e. The normalized spacial score (nSPS) is 10.2. The third-order valence-electron chi connectivity index (χ3n) is 4.15. The van der Waals surface area contributed by atoms with Gasteiger partial charge in [-0.05, 0) is 41.8 Å². The molecule has 132 valence electrons. The van der Waals surface area contributed by atoms with Crippen molar-refractivity contribution >= 4 is 11.6 Å². The zero-order valence-corrected chi connectivity index (χ0v) is 14.9. The summed E-state index contributed by atoms with van der Waals surface area (Å²) in [6.07, 6.45) is 0.753. The van der Waals surface area contributed by atoms with Crippen LogP contribution in [0.4, 0.5) is 5.69 Å². The van der Waals surface area contributed by atoms with E-state index in [0.29, 0.717) is 17.1 Å². The van der Waals surface area contributed by atoms with Gasteiger partial charge in [-0.2, -0.15) is 0 Å². The van der Waals surface area contributed by atoms with Crippen molar-refractivity contribution in [2.75, 3.05) is 19.5 Å². The van der Waals surface area contributed by atoms with Crippen LogP contribution in [0, 0.1) is 0 Å². The van der Waals surface area contributed by atoms with E-state index in [1.54, 1.807) is 32.4 Å². The van der Waals surface area contributed by atoms with Gasteiger partial charge in [-0.1, -0.05) is 48.5 Å². The maximum Gasteiger partial charge on any atom is 0.255 e. The van der Waals surface area contributed by atoms with Crippen LogP contribution in [0.3, 0.4) is 0 Å². The summed E-state index contributed by atoms with van der Waals surface area (Å²) < 4.78 is 10.5. The van der Waals surface area contributed by atoms with Crippen LogP contribution in [0.1, 0.15) is 21.5 Å². The van der Waals surface area contributed by atoms with Crippen molar-refractivity contribution in [2.45, 2.75) is 6.42 Å². The van der Waals surface area contributed by atoms with Gasteiger partial charge in [0.2, 0.25) is 0 Å². The number of carbonyl (C=O) groups is 1. The van der Waals surface area contributed by atoms with Crippen molar-refractivity contribution in [3.63, 3.8) is 0 Å². The Kier molecular flexibility index (Phi) is 5.54. The zero-order valence-electron chi connectivity index (χ0n) is 14.9. The smallest absolute Gasteiger partial charge is 0.255 e. The summed E-state index contributed by atoms with van der Waals surface area (Å²) in [4.78, 5) is 12.7. The monoisotopic (exact) mass is 347 g/mol. The highest BCUT2D eigenvalue weighted by molar-refractivity contribution is 6.05. The topological polar surface area (TPSA) is 47.6 Å². The first-order chi connectivity index (χ1) is 12.7. The molecule has 0 saturated heterocycles. The Morgan fingerprint density at radius 2 is 1.54 bits per heavy atom. The number of carbonyl (C=O) groups excluding carboxylic acids is 1. The first-order valence-electron chi connectivity index (χ1n) is 8.36. The third-order valence-corrected chi connectivity index (χ3v) is 4.15. The number of hydrogen-bond donors (Lipinski definition) is 1. The summed E-state index contributed by atoms with van der Waals surface area (Å²) in [5.41, 5.74) is 3.57. The van der Waals surface area contributed by atoms with E-state index in [1.807, 2.05) is 42.5 Å². The molecule has 0 aliphatic carbocycles. The lowest BCUT2D eigenvalue weighted by Crippen LogP contribution is -2.13. The maximum atomic E-state index is 12.7. The molecule has 0 spiro atoms. The number of nitrogens with one attached hydrogen (secondary N) is 1. The van der Waals surface area contributed by atoms with Crippen molar-refractivity contribution in [1.29, 1.82) is 0 Å². The summed E-state index contributed by atoms with van der Waals surface area (Å²) >= 11 is 0. The van der Waals surface area contributed by atoms with Gasteiger partial charge in [-0.15, -0.1) is 0 Å². The van der Waals surface area contributed by atoms with Crippen molar-refractivity contribution < 1.29 is 14.3 Å². The second-order valence-electron chi connectivity index (χ2n) is 5.84. The number of amides is 1. The fourth-order valence-corrected chi connectivity index (χ4v) is 2.78. The lowest BCUT2D eigenvalue weighted by Gasteiger charge is -2.13. The fourth-order valence-electron chi connectivity index (χ4n) is 2.78. The average molecular weight is 347 g/mol. The van der Waals surface area contributed by atoms with Crippen molar-refractivity contribution in [1.82, 2.24) is 0 Å². The van der Waals surface area contributed by atoms with Crippen LogP contribution in [0.25, 0.3) is 0 Å². The maximum absolute atomic E-state index is 12.7. The van der Waals surface area contributed by atoms with E-state index in [4.69, 9.17) is 9.47 Å². The predicted octanol–water partition coefficient (Wildman–Crippen LogP) is 4.55. The number of benzene rings is 3. The van der Waals surface area contributed by atoms with Gasteiger partial charge in [0.15, 0.2) is 11.5 Å². The second kappa shape index (κ2) is 8.21. The Morgan fingerprint density at radius 3 is 2.27 bits per heavy atom. The molecule has 3 aromatic carbocycles. The lowest BCUT2D eigenvalue weighted by molar-refractivity contribution is 0.102. The quantitative estimate of drug-likeness (QED) is 0.712. The highest BCUT2D eigenvalue weighted by atomic mass is 16.5. The summed E-state index contributed by atoms with van der Waals surface area (Å²) in [6.45, 7) is 0. The van der Waals surface area contributed by atoms with E-state index < -0.39 is 0 Å². The van der Waals surface area contributed by atoms with E-state index in [-0.39, 0.29) is 5.91 Å². The molecule has 4 nitrogen and oxygen atoms in total. The molecule has 0 radical (unpaired) electrons. The highest BCUT2D eigenvalue weighted by Gasteiger charge is 2.12. The third kappa shape index (κ3) is 4.03. The number of methoxy groups -OCH3 is 2. The highest BCUT2D eigenvalue weighted by Crippen LogP contribution is 2.28. The standard InChI is InChI=1S/C22H21NO3/c1-25-20-13-12-18(15-21(20)26-2)22(24)23-19-11-7-6-10-17(19)14-16-8-4-3-5-9-16/h3-13,15H,14H2,1-2H3,(H,23,24). The Morgan fingerprint density at radius 1 is 0.846 bits per heavy atom. The van der Waals surface area contributed by atoms with Gasteiger partial charge < -0.3 is 14.8 Å². The van der Waals surface area contributed by atoms with Crippen molar-refractivity contribution in [2.24, 2.45) is 0 Å². The molecule has 0 fully saturated rings. The van der Waals surface area contributed by atoms with Crippen molar-refractivity contribution in [3.05, 3.63) is 89.5 Å². The van der Waals surface area contributed by atoms with Crippen molar-refractivity contribution in [3.8, 4) is 11.5 Å². The van der Waals surface area contributed by atoms with Crippen LogP contribution < -0.4 is 14.8 Å². The molecule has 0 atom stereocenters. The van der Waals surface area contributed by atoms with Gasteiger partial charge >= 0.3 is 0 Å². The summed E-state index contributed by atoms with van der Waals surface area (Å²) in [5.74, 6) is 0.928. The summed E-state index contributed by atoms with van der Waals surface area (Å²) in [7, 11) is 3.12. The van der Waals surface area contributed by atoms with Crippen LogP contribution >= 0.6 is 0 Å². The SMILES string of the molecule is COc1ccc(C(=O)Nc2ccccc2Cc2ccccc2)cc1OC. The minimum absolute atomic E-state index is 0.188. The Balaban J connectivity index is 1.82. The number of rotatable bonds is 6. The molecule has 0 aliphatic heterocycles. The van der Waals surface area contributed by atoms with E-state index >= 15 is 0 Å². The Labute approximate surface area is 153 Å². The van der Waals surface area contributed by atoms with E-state index in [1.165, 1.54) is 5.56 Å². The molecule has 1 amide bonds.